The van der Waals surface area contributed by atoms with Crippen molar-refractivity contribution in [1.29, 1.82) is 0 Å². The topological polar surface area (TPSA) is 38.3 Å². The zero-order chi connectivity index (χ0) is 16.4. The molecule has 1 N–H and O–H groups in total. The highest BCUT2D eigenvalue weighted by atomic mass is 35.5. The van der Waals surface area contributed by atoms with E-state index in [0.29, 0.717) is 5.02 Å². The molecule has 120 valence electrons. The third kappa shape index (κ3) is 3.50. The Labute approximate surface area is 141 Å². The first-order chi connectivity index (χ1) is 11.0. The molecule has 4 heteroatoms. The van der Waals surface area contributed by atoms with Gasteiger partial charge < -0.3 is 10.1 Å². The molecule has 0 aliphatic heterocycles. The SMILES string of the molecule is CC(C)Oc1ccc(NC(=O)C2(c3cccc(Cl)c3)CC2)cc1. The van der Waals surface area contributed by atoms with Crippen LogP contribution in [0.4, 0.5) is 5.69 Å². The van der Waals surface area contributed by atoms with Crippen molar-refractivity contribution >= 4 is 23.2 Å². The second-order valence-electron chi connectivity index (χ2n) is 6.24. The van der Waals surface area contributed by atoms with Gasteiger partial charge in [-0.25, -0.2) is 0 Å². The Kier molecular flexibility index (Phi) is 4.31. The lowest BCUT2D eigenvalue weighted by atomic mass is 9.95. The number of hydrogen-bond donors (Lipinski definition) is 1. The number of rotatable bonds is 5. The van der Waals surface area contributed by atoms with Gasteiger partial charge in [-0.1, -0.05) is 23.7 Å². The van der Waals surface area contributed by atoms with Crippen LogP contribution in [0.3, 0.4) is 0 Å². The molecule has 2 aromatic carbocycles. The first kappa shape index (κ1) is 15.9. The third-order valence-corrected chi connectivity index (χ3v) is 4.28. The van der Waals surface area contributed by atoms with E-state index in [1.807, 2.05) is 62.4 Å². The number of carbonyl (C=O) groups is 1. The maximum Gasteiger partial charge on any atom is 0.235 e. The molecule has 0 atom stereocenters. The predicted molar refractivity (Wildman–Crippen MR) is 93.2 cm³/mol. The van der Waals surface area contributed by atoms with Crippen molar-refractivity contribution < 1.29 is 9.53 Å². The van der Waals surface area contributed by atoms with Crippen LogP contribution < -0.4 is 10.1 Å². The maximum atomic E-state index is 12.7. The van der Waals surface area contributed by atoms with Crippen LogP contribution in [0, 0.1) is 0 Å². The van der Waals surface area contributed by atoms with Gasteiger partial charge in [0.25, 0.3) is 0 Å². The number of hydrogen-bond acceptors (Lipinski definition) is 2. The van der Waals surface area contributed by atoms with Gasteiger partial charge in [0.1, 0.15) is 5.75 Å². The summed E-state index contributed by atoms with van der Waals surface area (Å²) in [4.78, 5) is 12.7. The van der Waals surface area contributed by atoms with Crippen molar-refractivity contribution in [3.05, 3.63) is 59.1 Å². The van der Waals surface area contributed by atoms with Crippen molar-refractivity contribution in [2.75, 3.05) is 5.32 Å². The quantitative estimate of drug-likeness (QED) is 0.855. The second kappa shape index (κ2) is 6.25. The van der Waals surface area contributed by atoms with Crippen LogP contribution in [0.2, 0.25) is 5.02 Å². The summed E-state index contributed by atoms with van der Waals surface area (Å²) in [6.07, 6.45) is 1.84. The number of benzene rings is 2. The maximum absolute atomic E-state index is 12.7. The Hall–Kier alpha value is -2.00. The van der Waals surface area contributed by atoms with Crippen molar-refractivity contribution in [3.63, 3.8) is 0 Å². The van der Waals surface area contributed by atoms with Crippen LogP contribution in [-0.4, -0.2) is 12.0 Å². The zero-order valence-electron chi connectivity index (χ0n) is 13.3. The van der Waals surface area contributed by atoms with Gasteiger partial charge in [-0.3, -0.25) is 4.79 Å². The molecule has 2 aromatic rings. The lowest BCUT2D eigenvalue weighted by Crippen LogP contribution is -2.27. The predicted octanol–water partition coefficient (Wildman–Crippen LogP) is 4.80. The monoisotopic (exact) mass is 329 g/mol. The van der Waals surface area contributed by atoms with Crippen molar-refractivity contribution in [2.24, 2.45) is 0 Å². The Morgan fingerprint density at radius 3 is 2.43 bits per heavy atom. The van der Waals surface area contributed by atoms with E-state index in [1.165, 1.54) is 0 Å². The van der Waals surface area contributed by atoms with Gasteiger partial charge >= 0.3 is 0 Å². The summed E-state index contributed by atoms with van der Waals surface area (Å²) in [7, 11) is 0. The Balaban J connectivity index is 1.72. The standard InChI is InChI=1S/C19H20ClNO2/c1-13(2)23-17-8-6-16(7-9-17)21-18(22)19(10-11-19)14-4-3-5-15(20)12-14/h3-9,12-13H,10-11H2,1-2H3,(H,21,22). The van der Waals surface area contributed by atoms with E-state index < -0.39 is 5.41 Å². The summed E-state index contributed by atoms with van der Waals surface area (Å²) >= 11 is 6.06. The molecule has 1 saturated carbocycles. The number of nitrogens with one attached hydrogen (secondary N) is 1. The van der Waals surface area contributed by atoms with Gasteiger partial charge in [-0.2, -0.15) is 0 Å². The Morgan fingerprint density at radius 1 is 1.17 bits per heavy atom. The lowest BCUT2D eigenvalue weighted by molar-refractivity contribution is -0.118. The first-order valence-corrected chi connectivity index (χ1v) is 8.22. The highest BCUT2D eigenvalue weighted by molar-refractivity contribution is 6.30. The minimum atomic E-state index is -0.433. The Bertz CT molecular complexity index is 706. The van der Waals surface area contributed by atoms with Gasteiger partial charge in [0.2, 0.25) is 5.91 Å². The van der Waals surface area contributed by atoms with Crippen LogP contribution in [0.25, 0.3) is 0 Å². The van der Waals surface area contributed by atoms with E-state index in [9.17, 15) is 4.79 Å². The molecule has 1 aliphatic carbocycles. The van der Waals surface area contributed by atoms with Gasteiger partial charge in [-0.05, 0) is 68.7 Å². The molecule has 0 heterocycles. The molecular weight excluding hydrogens is 310 g/mol. The minimum absolute atomic E-state index is 0.0253. The summed E-state index contributed by atoms with van der Waals surface area (Å²) in [6.45, 7) is 3.97. The van der Waals surface area contributed by atoms with Crippen LogP contribution in [0.5, 0.6) is 5.75 Å². The number of amides is 1. The molecular formula is C19H20ClNO2. The van der Waals surface area contributed by atoms with Gasteiger partial charge in [-0.15, -0.1) is 0 Å². The van der Waals surface area contributed by atoms with Crippen LogP contribution in [-0.2, 0) is 10.2 Å². The largest absolute Gasteiger partial charge is 0.491 e. The average Bonchev–Trinajstić information content (AvgIpc) is 3.30. The molecule has 23 heavy (non-hydrogen) atoms. The molecule has 1 aliphatic rings. The molecule has 1 amide bonds. The molecule has 0 aromatic heterocycles. The van der Waals surface area contributed by atoms with E-state index >= 15 is 0 Å². The molecule has 0 spiro atoms. The number of halogens is 1. The summed E-state index contributed by atoms with van der Waals surface area (Å²) in [5.74, 6) is 0.825. The first-order valence-electron chi connectivity index (χ1n) is 7.84. The fourth-order valence-corrected chi connectivity index (χ4v) is 2.89. The van der Waals surface area contributed by atoms with Crippen LogP contribution in [0.15, 0.2) is 48.5 Å². The van der Waals surface area contributed by atoms with Crippen molar-refractivity contribution in [2.45, 2.75) is 38.2 Å². The second-order valence-corrected chi connectivity index (χ2v) is 6.67. The Morgan fingerprint density at radius 2 is 1.87 bits per heavy atom. The van der Waals surface area contributed by atoms with Crippen molar-refractivity contribution in [1.82, 2.24) is 0 Å². The van der Waals surface area contributed by atoms with E-state index in [2.05, 4.69) is 5.32 Å². The summed E-state index contributed by atoms with van der Waals surface area (Å²) in [6, 6.07) is 15.0. The van der Waals surface area contributed by atoms with Crippen LogP contribution in [0.1, 0.15) is 32.3 Å². The zero-order valence-corrected chi connectivity index (χ0v) is 14.1. The minimum Gasteiger partial charge on any atom is -0.491 e. The highest BCUT2D eigenvalue weighted by Crippen LogP contribution is 2.49. The van der Waals surface area contributed by atoms with Crippen LogP contribution >= 0.6 is 11.6 Å². The smallest absolute Gasteiger partial charge is 0.235 e. The summed E-state index contributed by atoms with van der Waals surface area (Å²) < 4.78 is 5.61. The molecule has 0 saturated heterocycles. The van der Waals surface area contributed by atoms with E-state index in [1.54, 1.807) is 0 Å². The highest BCUT2D eigenvalue weighted by Gasteiger charge is 2.51. The number of carbonyl (C=O) groups excluding carboxylic acids is 1. The molecule has 0 unspecified atom stereocenters. The van der Waals surface area contributed by atoms with Crippen molar-refractivity contribution in [3.8, 4) is 5.75 Å². The summed E-state index contributed by atoms with van der Waals surface area (Å²) in [5.41, 5.74) is 1.33. The lowest BCUT2D eigenvalue weighted by Gasteiger charge is -2.16. The van der Waals surface area contributed by atoms with Gasteiger partial charge in [0.15, 0.2) is 0 Å². The number of ether oxygens (including phenoxy) is 1. The average molecular weight is 330 g/mol. The third-order valence-electron chi connectivity index (χ3n) is 4.05. The molecule has 3 rings (SSSR count). The number of anilines is 1. The molecule has 3 nitrogen and oxygen atoms in total. The molecule has 0 bridgehead atoms. The molecule has 1 fully saturated rings. The summed E-state index contributed by atoms with van der Waals surface area (Å²) in [5, 5.41) is 3.67. The van der Waals surface area contributed by atoms with E-state index in [0.717, 1.165) is 29.8 Å². The van der Waals surface area contributed by atoms with E-state index in [4.69, 9.17) is 16.3 Å². The fourth-order valence-electron chi connectivity index (χ4n) is 2.70. The van der Waals surface area contributed by atoms with Gasteiger partial charge in [0.05, 0.1) is 11.5 Å². The normalized spacial score (nSPS) is 15.3. The van der Waals surface area contributed by atoms with E-state index in [-0.39, 0.29) is 12.0 Å². The molecule has 0 radical (unpaired) electrons. The van der Waals surface area contributed by atoms with Gasteiger partial charge in [0, 0.05) is 10.7 Å². The fraction of sp³-hybridized carbons (Fsp3) is 0.316.